The average molecular weight is 395 g/mol. The first-order chi connectivity index (χ1) is 14.0. The van der Waals surface area contributed by atoms with Crippen molar-refractivity contribution < 1.29 is 32.7 Å². The van der Waals surface area contributed by atoms with Crippen LogP contribution in [0.1, 0.15) is 37.0 Å². The first-order valence-corrected chi connectivity index (χ1v) is 8.62. The van der Waals surface area contributed by atoms with Gasteiger partial charge in [0, 0.05) is 0 Å². The lowest BCUT2D eigenvalue weighted by atomic mass is 10.1. The Hall–Kier alpha value is -3.94. The number of amides is 2. The van der Waals surface area contributed by atoms with E-state index in [1.165, 1.54) is 48.5 Å². The minimum Gasteiger partial charge on any atom is -0.486 e. The third kappa shape index (κ3) is 3.73. The van der Waals surface area contributed by atoms with Crippen molar-refractivity contribution in [2.75, 3.05) is 6.73 Å². The van der Waals surface area contributed by atoms with Gasteiger partial charge < -0.3 is 13.9 Å². The summed E-state index contributed by atoms with van der Waals surface area (Å²) in [5.41, 5.74) is 0.540. The van der Waals surface area contributed by atoms with E-state index in [0.717, 1.165) is 4.90 Å². The zero-order chi connectivity index (χ0) is 20.4. The number of halogens is 1. The van der Waals surface area contributed by atoms with Gasteiger partial charge in [0.15, 0.2) is 6.73 Å². The number of hydrogen-bond acceptors (Lipinski definition) is 6. The smallest absolute Gasteiger partial charge is 0.375 e. The second-order valence-electron chi connectivity index (χ2n) is 6.15. The average Bonchev–Trinajstić information content (AvgIpc) is 3.30. The molecule has 2 amide bonds. The predicted molar refractivity (Wildman–Crippen MR) is 96.7 cm³/mol. The first-order valence-electron chi connectivity index (χ1n) is 8.62. The van der Waals surface area contributed by atoms with Crippen molar-refractivity contribution in [2.24, 2.45) is 0 Å². The first kappa shape index (κ1) is 18.4. The van der Waals surface area contributed by atoms with Gasteiger partial charge in [0.2, 0.25) is 5.76 Å². The molecule has 2 aromatic carbocycles. The van der Waals surface area contributed by atoms with Crippen LogP contribution in [0.25, 0.3) is 0 Å². The summed E-state index contributed by atoms with van der Waals surface area (Å²) in [4.78, 5) is 37.5. The zero-order valence-corrected chi connectivity index (χ0v) is 15.0. The molecule has 3 aromatic rings. The topological polar surface area (TPSA) is 86.0 Å². The van der Waals surface area contributed by atoms with Crippen LogP contribution >= 0.6 is 0 Å². The zero-order valence-electron chi connectivity index (χ0n) is 15.0. The molecule has 0 saturated heterocycles. The van der Waals surface area contributed by atoms with E-state index in [0.29, 0.717) is 11.5 Å². The van der Waals surface area contributed by atoms with Crippen LogP contribution in [-0.4, -0.2) is 29.4 Å². The number of hydrogen-bond donors (Lipinski definition) is 0. The number of nitrogens with zero attached hydrogens (tertiary/aromatic N) is 1. The van der Waals surface area contributed by atoms with Crippen LogP contribution < -0.4 is 4.74 Å². The maximum Gasteiger partial charge on any atom is 0.375 e. The van der Waals surface area contributed by atoms with Gasteiger partial charge in [-0.1, -0.05) is 12.1 Å². The highest BCUT2D eigenvalue weighted by Crippen LogP contribution is 2.22. The number of benzene rings is 2. The van der Waals surface area contributed by atoms with Crippen molar-refractivity contribution >= 4 is 17.8 Å². The summed E-state index contributed by atoms with van der Waals surface area (Å²) in [5, 5.41) is 0. The van der Waals surface area contributed by atoms with E-state index in [9.17, 15) is 18.8 Å². The van der Waals surface area contributed by atoms with Crippen LogP contribution in [0, 0.1) is 5.82 Å². The van der Waals surface area contributed by atoms with Crippen molar-refractivity contribution in [1.82, 2.24) is 4.90 Å². The Labute approximate surface area is 164 Å². The molecule has 0 aliphatic carbocycles. The molecule has 146 valence electrons. The Bertz CT molecular complexity index is 1050. The maximum atomic E-state index is 12.9. The molecule has 1 aliphatic rings. The van der Waals surface area contributed by atoms with Gasteiger partial charge in [0.1, 0.15) is 23.9 Å². The van der Waals surface area contributed by atoms with E-state index in [1.807, 2.05) is 0 Å². The molecule has 7 nitrogen and oxygen atoms in total. The van der Waals surface area contributed by atoms with Crippen molar-refractivity contribution in [2.45, 2.75) is 6.61 Å². The molecule has 4 rings (SSSR count). The molecule has 0 bridgehead atoms. The number of ether oxygens (including phenoxy) is 2. The molecule has 0 spiro atoms. The highest BCUT2D eigenvalue weighted by atomic mass is 19.1. The largest absolute Gasteiger partial charge is 0.486 e. The molecule has 8 heteroatoms. The van der Waals surface area contributed by atoms with E-state index in [4.69, 9.17) is 13.9 Å². The van der Waals surface area contributed by atoms with Gasteiger partial charge in [-0.2, -0.15) is 0 Å². The Morgan fingerprint density at radius 2 is 1.59 bits per heavy atom. The van der Waals surface area contributed by atoms with Crippen molar-refractivity contribution in [3.63, 3.8) is 0 Å². The van der Waals surface area contributed by atoms with E-state index in [2.05, 4.69) is 0 Å². The fourth-order valence-corrected chi connectivity index (χ4v) is 2.80. The molecule has 0 fully saturated rings. The third-order valence-corrected chi connectivity index (χ3v) is 4.26. The monoisotopic (exact) mass is 395 g/mol. The molecular weight excluding hydrogens is 381 g/mol. The Morgan fingerprint density at radius 3 is 2.24 bits per heavy atom. The lowest BCUT2D eigenvalue weighted by Gasteiger charge is -2.13. The van der Waals surface area contributed by atoms with Crippen LogP contribution in [0.4, 0.5) is 4.39 Å². The quantitative estimate of drug-likeness (QED) is 0.470. The van der Waals surface area contributed by atoms with Gasteiger partial charge >= 0.3 is 5.97 Å². The number of carbonyl (C=O) groups is 3. The minimum absolute atomic E-state index is 0.0251. The molecule has 0 radical (unpaired) electrons. The second kappa shape index (κ2) is 7.59. The van der Waals surface area contributed by atoms with E-state index < -0.39 is 24.5 Å². The molecule has 29 heavy (non-hydrogen) atoms. The van der Waals surface area contributed by atoms with Gasteiger partial charge in [0.05, 0.1) is 11.1 Å². The van der Waals surface area contributed by atoms with Gasteiger partial charge in [-0.3, -0.25) is 9.59 Å². The number of fused-ring (bicyclic) bond motifs is 1. The van der Waals surface area contributed by atoms with Crippen molar-refractivity contribution in [3.8, 4) is 5.75 Å². The summed E-state index contributed by atoms with van der Waals surface area (Å²) < 4.78 is 28.7. The van der Waals surface area contributed by atoms with E-state index >= 15 is 0 Å². The highest BCUT2D eigenvalue weighted by Gasteiger charge is 2.36. The summed E-state index contributed by atoms with van der Waals surface area (Å²) in [6.07, 6.45) is 0. The van der Waals surface area contributed by atoms with Crippen LogP contribution in [0.5, 0.6) is 5.75 Å². The molecule has 2 heterocycles. The summed E-state index contributed by atoms with van der Waals surface area (Å²) in [7, 11) is 0. The van der Waals surface area contributed by atoms with Gasteiger partial charge in [-0.25, -0.2) is 14.1 Å². The Balaban J connectivity index is 1.33. The minimum atomic E-state index is -0.824. The number of carbonyl (C=O) groups excluding carboxylic acids is 3. The number of esters is 1. The third-order valence-electron chi connectivity index (χ3n) is 4.26. The fraction of sp³-hybridized carbons (Fsp3) is 0.0952. The lowest BCUT2D eigenvalue weighted by molar-refractivity contribution is 0.0202. The SMILES string of the molecule is O=C(OCN1C(=O)c2ccccc2C1=O)c1ccc(COc2ccc(F)cc2)o1. The summed E-state index contributed by atoms with van der Waals surface area (Å²) >= 11 is 0. The van der Waals surface area contributed by atoms with Crippen molar-refractivity contribution in [1.29, 1.82) is 0 Å². The van der Waals surface area contributed by atoms with Crippen LogP contribution in [0.2, 0.25) is 0 Å². The molecule has 0 atom stereocenters. The number of rotatable bonds is 6. The Morgan fingerprint density at radius 1 is 0.931 bits per heavy atom. The molecule has 0 N–H and O–H groups in total. The fourth-order valence-electron chi connectivity index (χ4n) is 2.80. The highest BCUT2D eigenvalue weighted by molar-refractivity contribution is 6.21. The maximum absolute atomic E-state index is 12.9. The Kier molecular flexibility index (Phi) is 4.82. The van der Waals surface area contributed by atoms with Gasteiger partial charge in [0.25, 0.3) is 11.8 Å². The van der Waals surface area contributed by atoms with E-state index in [-0.39, 0.29) is 29.3 Å². The van der Waals surface area contributed by atoms with E-state index in [1.54, 1.807) is 12.1 Å². The van der Waals surface area contributed by atoms with Crippen LogP contribution in [0.15, 0.2) is 65.1 Å². The van der Waals surface area contributed by atoms with Gasteiger partial charge in [-0.05, 0) is 48.5 Å². The number of furan rings is 1. The van der Waals surface area contributed by atoms with Crippen LogP contribution in [-0.2, 0) is 11.3 Å². The number of imide groups is 1. The van der Waals surface area contributed by atoms with Gasteiger partial charge in [-0.15, -0.1) is 0 Å². The predicted octanol–water partition coefficient (Wildman–Crippen LogP) is 3.41. The standard InChI is InChI=1S/C21H14FNO6/c22-13-5-7-14(8-6-13)27-11-15-9-10-18(29-15)21(26)28-12-23-19(24)16-3-1-2-4-17(16)20(23)25/h1-10H,11-12H2. The molecule has 0 saturated carbocycles. The second-order valence-corrected chi connectivity index (χ2v) is 6.15. The molecule has 1 aromatic heterocycles. The molecular formula is C21H14FNO6. The molecule has 0 unspecified atom stereocenters. The lowest BCUT2D eigenvalue weighted by Crippen LogP contribution is -2.33. The summed E-state index contributed by atoms with van der Waals surface area (Å²) in [6.45, 7) is -0.495. The van der Waals surface area contributed by atoms with Crippen molar-refractivity contribution in [3.05, 3.63) is 89.1 Å². The normalized spacial score (nSPS) is 12.8. The summed E-state index contributed by atoms with van der Waals surface area (Å²) in [5.74, 6) is -1.55. The summed E-state index contributed by atoms with van der Waals surface area (Å²) in [6, 6.07) is 14.8. The van der Waals surface area contributed by atoms with Crippen LogP contribution in [0.3, 0.4) is 0 Å². The molecule has 1 aliphatic heterocycles.